The van der Waals surface area contributed by atoms with Crippen molar-refractivity contribution >= 4 is 69.6 Å². The molecule has 0 aliphatic carbocycles. The highest BCUT2D eigenvalue weighted by molar-refractivity contribution is 6.32. The molecule has 2 aromatic heterocycles. The zero-order chi connectivity index (χ0) is 46.2. The normalized spacial score (nSPS) is 10.7. The van der Waals surface area contributed by atoms with Crippen LogP contribution in [-0.2, 0) is 31.5 Å². The van der Waals surface area contributed by atoms with E-state index in [1.807, 2.05) is 17.4 Å². The van der Waals surface area contributed by atoms with Gasteiger partial charge in [-0.05, 0) is 109 Å². The Balaban J connectivity index is 0.000000229. The number of nitrogens with zero attached hydrogens (tertiary/aromatic N) is 2. The number of anilines is 4. The number of hydrogen-bond acceptors (Lipinski definition) is 9. The molecule has 0 saturated heterocycles. The van der Waals surface area contributed by atoms with Gasteiger partial charge < -0.3 is 36.3 Å². The second kappa shape index (κ2) is 22.5. The third-order valence-corrected chi connectivity index (χ3v) is 8.19. The van der Waals surface area contributed by atoms with Gasteiger partial charge in [-0.1, -0.05) is 23.2 Å². The standard InChI is InChI=1S/C21H15ClF3N3O3.C11H10N2O.C10H7ClF3NO3/c22-18-6-3-14(11-17(18)21(23,24)25)28-20(30)12-19(29)27-13-1-4-15(5-2-13)31-16-7-9-26-10-8-16;12-9-1-3-10(4-2-9)14-11-5-7-13-8-6-11;11-7-2-1-5(3-6(7)10(12,13)14)15-8(16)4-9(17)18/h1-11H,12H2,(H,27,29)(H,28,30);1-8H,12H2;1-3H,4H2,(H,15,16)(H,17,18). The van der Waals surface area contributed by atoms with Crippen LogP contribution in [-0.4, -0.2) is 38.8 Å². The maximum absolute atomic E-state index is 12.9. The van der Waals surface area contributed by atoms with Crippen LogP contribution in [0.4, 0.5) is 49.1 Å². The average Bonchev–Trinajstić information content (AvgIpc) is 3.21. The Bertz CT molecular complexity index is 2480. The zero-order valence-corrected chi connectivity index (χ0v) is 33.5. The topological polar surface area (TPSA) is 195 Å². The number of hydrogen-bond donors (Lipinski definition) is 5. The lowest BCUT2D eigenvalue weighted by atomic mass is 10.2. The van der Waals surface area contributed by atoms with Crippen molar-refractivity contribution in [2.24, 2.45) is 0 Å². The van der Waals surface area contributed by atoms with Crippen LogP contribution in [0.2, 0.25) is 10.0 Å². The van der Waals surface area contributed by atoms with Gasteiger partial charge in [-0.15, -0.1) is 0 Å². The number of rotatable bonds is 11. The molecular weight excluding hydrogens is 885 g/mol. The maximum Gasteiger partial charge on any atom is 0.417 e. The van der Waals surface area contributed by atoms with Gasteiger partial charge in [0.1, 0.15) is 35.8 Å². The number of ether oxygens (including phenoxy) is 2. The Morgan fingerprint density at radius 2 is 0.857 bits per heavy atom. The monoisotopic (exact) mass is 916 g/mol. The summed E-state index contributed by atoms with van der Waals surface area (Å²) in [6.07, 6.45) is -4.18. The molecule has 6 rings (SSSR count). The number of carbonyl (C=O) groups excluding carboxylic acids is 3. The van der Waals surface area contributed by atoms with Crippen molar-refractivity contribution in [3.8, 4) is 23.0 Å². The van der Waals surface area contributed by atoms with E-state index in [4.69, 9.17) is 43.5 Å². The fourth-order valence-electron chi connectivity index (χ4n) is 4.77. The minimum Gasteiger partial charge on any atom is -0.481 e. The van der Waals surface area contributed by atoms with Crippen molar-refractivity contribution in [3.63, 3.8) is 0 Å². The Morgan fingerprint density at radius 3 is 1.24 bits per heavy atom. The SMILES string of the molecule is Nc1ccc(Oc2ccncc2)cc1.O=C(CC(=O)Nc1ccc(Cl)c(C(F)(F)F)c1)Nc1ccc(Oc2ccncc2)cc1.O=C(O)CC(=O)Nc1ccc(Cl)c(C(F)(F)F)c1. The van der Waals surface area contributed by atoms with E-state index in [1.54, 1.807) is 85.5 Å². The van der Waals surface area contributed by atoms with Crippen molar-refractivity contribution in [1.29, 1.82) is 0 Å². The van der Waals surface area contributed by atoms with Crippen LogP contribution in [0.15, 0.2) is 134 Å². The predicted molar refractivity (Wildman–Crippen MR) is 222 cm³/mol. The number of aromatic nitrogens is 2. The van der Waals surface area contributed by atoms with E-state index in [-0.39, 0.29) is 11.4 Å². The summed E-state index contributed by atoms with van der Waals surface area (Å²) >= 11 is 10.9. The summed E-state index contributed by atoms with van der Waals surface area (Å²) in [4.78, 5) is 53.1. The minimum absolute atomic E-state index is 0.118. The predicted octanol–water partition coefficient (Wildman–Crippen LogP) is 10.7. The van der Waals surface area contributed by atoms with Crippen molar-refractivity contribution in [3.05, 3.63) is 155 Å². The molecule has 0 aliphatic rings. The molecule has 21 heteroatoms. The number of halogens is 8. The third-order valence-electron chi connectivity index (χ3n) is 7.53. The molecule has 0 unspecified atom stereocenters. The number of carboxylic acids is 1. The second-order valence-electron chi connectivity index (χ2n) is 12.4. The molecule has 0 aliphatic heterocycles. The van der Waals surface area contributed by atoms with E-state index in [0.29, 0.717) is 29.3 Å². The number of benzene rings is 4. The molecule has 0 radical (unpaired) electrons. The summed E-state index contributed by atoms with van der Waals surface area (Å²) < 4.78 is 87.3. The van der Waals surface area contributed by atoms with Gasteiger partial charge in [-0.3, -0.25) is 29.1 Å². The molecule has 13 nitrogen and oxygen atoms in total. The molecule has 0 atom stereocenters. The number of carbonyl (C=O) groups is 4. The van der Waals surface area contributed by atoms with Gasteiger partial charge in [0.15, 0.2) is 0 Å². The number of nitrogens with two attached hydrogens (primary N) is 1. The number of nitrogen functional groups attached to an aromatic ring is 1. The largest absolute Gasteiger partial charge is 0.481 e. The highest BCUT2D eigenvalue weighted by Crippen LogP contribution is 2.37. The van der Waals surface area contributed by atoms with Crippen molar-refractivity contribution in [2.75, 3.05) is 21.7 Å². The third kappa shape index (κ3) is 16.9. The molecular formula is C42H32Cl2F6N6O7. The lowest BCUT2D eigenvalue weighted by Gasteiger charge is -2.12. The van der Waals surface area contributed by atoms with Crippen LogP contribution in [0.1, 0.15) is 24.0 Å². The molecule has 63 heavy (non-hydrogen) atoms. The molecule has 0 saturated carbocycles. The van der Waals surface area contributed by atoms with Crippen LogP contribution in [0.5, 0.6) is 23.0 Å². The van der Waals surface area contributed by atoms with Gasteiger partial charge in [0, 0.05) is 47.5 Å². The molecule has 4 aromatic carbocycles. The van der Waals surface area contributed by atoms with Gasteiger partial charge in [0.2, 0.25) is 17.7 Å². The Labute approximate surface area is 363 Å². The second-order valence-corrected chi connectivity index (χ2v) is 13.3. The van der Waals surface area contributed by atoms with Crippen LogP contribution in [0.3, 0.4) is 0 Å². The van der Waals surface area contributed by atoms with Gasteiger partial charge in [-0.2, -0.15) is 26.3 Å². The first-order valence-electron chi connectivity index (χ1n) is 17.7. The fraction of sp³-hybridized carbons (Fsp3) is 0.0952. The molecule has 0 spiro atoms. The molecule has 2 heterocycles. The Morgan fingerprint density at radius 1 is 0.524 bits per heavy atom. The first kappa shape index (κ1) is 48.3. The molecule has 3 amide bonds. The number of pyridine rings is 2. The average molecular weight is 918 g/mol. The summed E-state index contributed by atoms with van der Waals surface area (Å²) in [5.41, 5.74) is 4.24. The summed E-state index contributed by atoms with van der Waals surface area (Å²) in [6, 6.07) is 26.4. The van der Waals surface area contributed by atoms with Gasteiger partial charge in [-0.25, -0.2) is 0 Å². The van der Waals surface area contributed by atoms with Gasteiger partial charge >= 0.3 is 18.3 Å². The quantitative estimate of drug-likeness (QED) is 0.0474. The molecule has 0 fully saturated rings. The number of aliphatic carboxylic acids is 1. The first-order valence-corrected chi connectivity index (χ1v) is 18.5. The van der Waals surface area contributed by atoms with Crippen LogP contribution < -0.4 is 31.2 Å². The highest BCUT2D eigenvalue weighted by Gasteiger charge is 2.34. The summed E-state index contributed by atoms with van der Waals surface area (Å²) in [6.45, 7) is 0. The first-order chi connectivity index (χ1) is 29.7. The number of alkyl halides is 6. The van der Waals surface area contributed by atoms with E-state index in [9.17, 15) is 45.5 Å². The zero-order valence-electron chi connectivity index (χ0n) is 32.0. The van der Waals surface area contributed by atoms with E-state index in [2.05, 4.69) is 20.6 Å². The number of carboxylic acid groups (broad SMARTS) is 1. The smallest absolute Gasteiger partial charge is 0.417 e. The summed E-state index contributed by atoms with van der Waals surface area (Å²) in [5.74, 6) is -1.04. The van der Waals surface area contributed by atoms with Crippen LogP contribution in [0, 0.1) is 0 Å². The van der Waals surface area contributed by atoms with Crippen molar-refractivity contribution in [2.45, 2.75) is 25.2 Å². The van der Waals surface area contributed by atoms with E-state index in [1.165, 1.54) is 6.07 Å². The Kier molecular flexibility index (Phi) is 17.2. The minimum atomic E-state index is -4.66. The molecule has 328 valence electrons. The summed E-state index contributed by atoms with van der Waals surface area (Å²) in [5, 5.41) is 14.2. The highest BCUT2D eigenvalue weighted by atomic mass is 35.5. The lowest BCUT2D eigenvalue weighted by Crippen LogP contribution is -2.21. The van der Waals surface area contributed by atoms with Gasteiger partial charge in [0.25, 0.3) is 0 Å². The Hall–Kier alpha value is -7.38. The van der Waals surface area contributed by atoms with E-state index in [0.717, 1.165) is 35.4 Å². The summed E-state index contributed by atoms with van der Waals surface area (Å²) in [7, 11) is 0. The van der Waals surface area contributed by atoms with Crippen molar-refractivity contribution in [1.82, 2.24) is 9.97 Å². The molecule has 6 aromatic rings. The van der Waals surface area contributed by atoms with E-state index < -0.39 is 70.1 Å². The van der Waals surface area contributed by atoms with Gasteiger partial charge in [0.05, 0.1) is 21.2 Å². The van der Waals surface area contributed by atoms with E-state index >= 15 is 0 Å². The molecule has 0 bridgehead atoms. The molecule has 6 N–H and O–H groups in total. The fourth-order valence-corrected chi connectivity index (χ4v) is 5.22. The van der Waals surface area contributed by atoms with Crippen LogP contribution in [0.25, 0.3) is 0 Å². The lowest BCUT2D eigenvalue weighted by molar-refractivity contribution is -0.140. The number of nitrogens with one attached hydrogen (secondary N) is 3. The van der Waals surface area contributed by atoms with Crippen LogP contribution >= 0.6 is 23.2 Å². The maximum atomic E-state index is 12.9. The van der Waals surface area contributed by atoms with Crippen molar-refractivity contribution < 1.29 is 60.1 Å². The number of amides is 3.